The second-order valence-electron chi connectivity index (χ2n) is 4.21. The van der Waals surface area contributed by atoms with Crippen molar-refractivity contribution in [2.24, 2.45) is 0 Å². The van der Waals surface area contributed by atoms with Crippen LogP contribution in [0.3, 0.4) is 0 Å². The molecule has 0 aliphatic rings. The highest BCUT2D eigenvalue weighted by Crippen LogP contribution is 2.16. The Bertz CT molecular complexity index is 552. The van der Waals surface area contributed by atoms with Crippen LogP contribution in [0.15, 0.2) is 36.4 Å². The molecule has 0 aromatic heterocycles. The lowest BCUT2D eigenvalue weighted by Crippen LogP contribution is -2.40. The Kier molecular flexibility index (Phi) is 5.46. The number of carbonyl (C=O) groups excluding carboxylic acids is 2. The lowest BCUT2D eigenvalue weighted by Gasteiger charge is -2.16. The zero-order chi connectivity index (χ0) is 15.1. The fraction of sp³-hybridized carbons (Fsp3) is 0.214. The minimum absolute atomic E-state index is 0.271. The summed E-state index contributed by atoms with van der Waals surface area (Å²) in [4.78, 5) is 33.0. The lowest BCUT2D eigenvalue weighted by atomic mass is 10.0. The SMILES string of the molecule is Cc1ccccc1C(C)NC(=O)NC(=O)C=CC(=O)O. The standard InChI is InChI=1S/C14H16N2O4/c1-9-5-3-4-6-11(9)10(2)15-14(20)16-12(17)7-8-13(18)19/h3-8,10H,1-2H3,(H,18,19)(H2,15,16,17,20). The number of carboxylic acid groups (broad SMARTS) is 1. The van der Waals surface area contributed by atoms with E-state index in [1.54, 1.807) is 6.92 Å². The van der Waals surface area contributed by atoms with Crippen LogP contribution in [0, 0.1) is 6.92 Å². The number of hydrogen-bond acceptors (Lipinski definition) is 3. The molecule has 0 radical (unpaired) electrons. The molecule has 0 spiro atoms. The molecule has 0 saturated heterocycles. The molecule has 0 aliphatic carbocycles. The van der Waals surface area contributed by atoms with E-state index in [-0.39, 0.29) is 6.04 Å². The van der Waals surface area contributed by atoms with Crippen LogP contribution in [0.25, 0.3) is 0 Å². The summed E-state index contributed by atoms with van der Waals surface area (Å²) in [5.41, 5.74) is 1.97. The number of amides is 3. The lowest BCUT2D eigenvalue weighted by molar-refractivity contribution is -0.131. The van der Waals surface area contributed by atoms with Crippen LogP contribution in [0.5, 0.6) is 0 Å². The first-order chi connectivity index (χ1) is 9.40. The molecule has 1 unspecified atom stereocenters. The Morgan fingerprint density at radius 3 is 2.45 bits per heavy atom. The van der Waals surface area contributed by atoms with Crippen LogP contribution >= 0.6 is 0 Å². The third kappa shape index (κ3) is 4.93. The van der Waals surface area contributed by atoms with Crippen LogP contribution < -0.4 is 10.6 Å². The summed E-state index contributed by atoms with van der Waals surface area (Å²) in [6.07, 6.45) is 1.44. The molecule has 106 valence electrons. The molecule has 3 amide bonds. The molecule has 1 aromatic carbocycles. The van der Waals surface area contributed by atoms with E-state index >= 15 is 0 Å². The van der Waals surface area contributed by atoms with Gasteiger partial charge in [0.25, 0.3) is 5.91 Å². The molecular formula is C14H16N2O4. The Morgan fingerprint density at radius 1 is 1.20 bits per heavy atom. The molecule has 1 atom stereocenters. The van der Waals surface area contributed by atoms with Gasteiger partial charge in [-0.05, 0) is 25.0 Å². The number of imide groups is 1. The smallest absolute Gasteiger partial charge is 0.328 e. The summed E-state index contributed by atoms with van der Waals surface area (Å²) < 4.78 is 0. The third-order valence-corrected chi connectivity index (χ3v) is 2.62. The van der Waals surface area contributed by atoms with Crippen molar-refractivity contribution in [1.82, 2.24) is 10.6 Å². The van der Waals surface area contributed by atoms with E-state index in [2.05, 4.69) is 5.32 Å². The van der Waals surface area contributed by atoms with E-state index < -0.39 is 17.9 Å². The number of aryl methyl sites for hydroxylation is 1. The first-order valence-electron chi connectivity index (χ1n) is 5.98. The Hall–Kier alpha value is -2.63. The maximum atomic E-state index is 11.6. The second-order valence-corrected chi connectivity index (χ2v) is 4.21. The molecule has 1 rings (SSSR count). The molecule has 1 aromatic rings. The van der Waals surface area contributed by atoms with Crippen molar-refractivity contribution in [2.75, 3.05) is 0 Å². The normalized spacial score (nSPS) is 11.9. The van der Waals surface area contributed by atoms with Gasteiger partial charge in [-0.1, -0.05) is 24.3 Å². The molecule has 0 fully saturated rings. The summed E-state index contributed by atoms with van der Waals surface area (Å²) in [6.45, 7) is 3.71. The van der Waals surface area contributed by atoms with Crippen LogP contribution in [-0.2, 0) is 9.59 Å². The van der Waals surface area contributed by atoms with Crippen molar-refractivity contribution in [3.8, 4) is 0 Å². The van der Waals surface area contributed by atoms with Gasteiger partial charge in [-0.15, -0.1) is 0 Å². The second kappa shape index (κ2) is 7.08. The van der Waals surface area contributed by atoms with E-state index in [1.165, 1.54) is 0 Å². The minimum Gasteiger partial charge on any atom is -0.478 e. The molecule has 0 saturated carbocycles. The van der Waals surface area contributed by atoms with Gasteiger partial charge in [0, 0.05) is 12.2 Å². The highest BCUT2D eigenvalue weighted by Gasteiger charge is 2.12. The Morgan fingerprint density at radius 2 is 1.85 bits per heavy atom. The van der Waals surface area contributed by atoms with Gasteiger partial charge in [0.15, 0.2) is 0 Å². The molecule has 0 heterocycles. The van der Waals surface area contributed by atoms with Gasteiger partial charge in [-0.2, -0.15) is 0 Å². The molecule has 0 bridgehead atoms. The molecule has 0 aliphatic heterocycles. The maximum absolute atomic E-state index is 11.6. The highest BCUT2D eigenvalue weighted by molar-refractivity contribution is 6.02. The number of rotatable bonds is 4. The molecule has 20 heavy (non-hydrogen) atoms. The predicted octanol–water partition coefficient (Wildman–Crippen LogP) is 1.52. The maximum Gasteiger partial charge on any atom is 0.328 e. The van der Waals surface area contributed by atoms with Gasteiger partial charge < -0.3 is 10.4 Å². The average molecular weight is 276 g/mol. The zero-order valence-electron chi connectivity index (χ0n) is 11.2. The van der Waals surface area contributed by atoms with Crippen molar-refractivity contribution in [1.29, 1.82) is 0 Å². The highest BCUT2D eigenvalue weighted by atomic mass is 16.4. The summed E-state index contributed by atoms with van der Waals surface area (Å²) in [5.74, 6) is -2.05. The number of carbonyl (C=O) groups is 3. The number of aliphatic carboxylic acids is 1. The zero-order valence-corrected chi connectivity index (χ0v) is 11.2. The number of urea groups is 1. The van der Waals surface area contributed by atoms with Crippen molar-refractivity contribution in [2.45, 2.75) is 19.9 Å². The first kappa shape index (κ1) is 15.4. The van der Waals surface area contributed by atoms with Crippen LogP contribution in [-0.4, -0.2) is 23.0 Å². The van der Waals surface area contributed by atoms with Gasteiger partial charge in [0.1, 0.15) is 0 Å². The van der Waals surface area contributed by atoms with Crippen molar-refractivity contribution in [3.63, 3.8) is 0 Å². The number of hydrogen-bond donors (Lipinski definition) is 3. The van der Waals surface area contributed by atoms with E-state index in [9.17, 15) is 14.4 Å². The van der Waals surface area contributed by atoms with Crippen LogP contribution in [0.1, 0.15) is 24.1 Å². The van der Waals surface area contributed by atoms with Gasteiger partial charge in [0.05, 0.1) is 6.04 Å². The fourth-order valence-corrected chi connectivity index (χ4v) is 1.68. The average Bonchev–Trinajstić information content (AvgIpc) is 2.36. The van der Waals surface area contributed by atoms with Crippen molar-refractivity contribution < 1.29 is 19.5 Å². The van der Waals surface area contributed by atoms with Crippen LogP contribution in [0.4, 0.5) is 4.79 Å². The minimum atomic E-state index is -1.26. The number of carboxylic acids is 1. The summed E-state index contributed by atoms with van der Waals surface area (Å²) >= 11 is 0. The fourth-order valence-electron chi connectivity index (χ4n) is 1.68. The molecular weight excluding hydrogens is 260 g/mol. The molecule has 6 nitrogen and oxygen atoms in total. The predicted molar refractivity (Wildman–Crippen MR) is 73.0 cm³/mol. The third-order valence-electron chi connectivity index (χ3n) is 2.62. The van der Waals surface area contributed by atoms with Gasteiger partial charge in [-0.25, -0.2) is 9.59 Å². The molecule has 6 heteroatoms. The Labute approximate surface area is 116 Å². The topological polar surface area (TPSA) is 95.5 Å². The van der Waals surface area contributed by atoms with Gasteiger partial charge >= 0.3 is 12.0 Å². The van der Waals surface area contributed by atoms with Gasteiger partial charge in [0.2, 0.25) is 0 Å². The summed E-state index contributed by atoms with van der Waals surface area (Å²) in [7, 11) is 0. The summed E-state index contributed by atoms with van der Waals surface area (Å²) in [5, 5.41) is 13.0. The Balaban J connectivity index is 2.57. The van der Waals surface area contributed by atoms with Crippen LogP contribution in [0.2, 0.25) is 0 Å². The first-order valence-corrected chi connectivity index (χ1v) is 5.98. The molecule has 3 N–H and O–H groups in total. The number of benzene rings is 1. The largest absolute Gasteiger partial charge is 0.478 e. The van der Waals surface area contributed by atoms with E-state index in [4.69, 9.17) is 5.11 Å². The van der Waals surface area contributed by atoms with E-state index in [1.807, 2.05) is 36.5 Å². The van der Waals surface area contributed by atoms with Gasteiger partial charge in [-0.3, -0.25) is 10.1 Å². The van der Waals surface area contributed by atoms with E-state index in [0.717, 1.165) is 17.2 Å². The quantitative estimate of drug-likeness (QED) is 0.726. The number of nitrogens with one attached hydrogen (secondary N) is 2. The van der Waals surface area contributed by atoms with E-state index in [0.29, 0.717) is 6.08 Å². The summed E-state index contributed by atoms with van der Waals surface area (Å²) in [6, 6.07) is 6.61. The monoisotopic (exact) mass is 276 g/mol. The van der Waals surface area contributed by atoms with Crippen molar-refractivity contribution >= 4 is 17.9 Å². The van der Waals surface area contributed by atoms with Crippen molar-refractivity contribution in [3.05, 3.63) is 47.5 Å².